The zero-order valence-electron chi connectivity index (χ0n) is 8.87. The molecule has 0 unspecified atom stereocenters. The first kappa shape index (κ1) is 12.5. The van der Waals surface area contributed by atoms with Crippen LogP contribution in [0.2, 0.25) is 0 Å². The molecule has 0 aliphatic heterocycles. The average Bonchev–Trinajstić information content (AvgIpc) is 2.97. The molecule has 1 aromatic heterocycles. The third kappa shape index (κ3) is 3.79. The van der Waals surface area contributed by atoms with Crippen LogP contribution in [0.5, 0.6) is 0 Å². The van der Waals surface area contributed by atoms with Crippen LogP contribution < -0.4 is 11.3 Å². The molecule has 1 aliphatic carbocycles. The number of alkyl halides is 3. The van der Waals surface area contributed by atoms with Crippen molar-refractivity contribution >= 4 is 16.5 Å². The summed E-state index contributed by atoms with van der Waals surface area (Å²) in [5, 5.41) is 8.41. The Hall–Kier alpha value is -0.930. The number of nitrogens with two attached hydrogens (primary N) is 1. The second-order valence-corrected chi connectivity index (χ2v) is 4.96. The van der Waals surface area contributed by atoms with E-state index in [2.05, 4.69) is 15.6 Å². The van der Waals surface area contributed by atoms with E-state index in [1.165, 1.54) is 16.2 Å². The van der Waals surface area contributed by atoms with Crippen molar-refractivity contribution in [1.29, 1.82) is 0 Å². The van der Waals surface area contributed by atoms with E-state index in [-0.39, 0.29) is 12.6 Å². The minimum Gasteiger partial charge on any atom is -0.298 e. The SMILES string of the molecule is NNc1nnc(CN(CC(F)(F)F)C2CC2)s1. The fourth-order valence-corrected chi connectivity index (χ4v) is 2.21. The van der Waals surface area contributed by atoms with Gasteiger partial charge in [-0.2, -0.15) is 13.2 Å². The van der Waals surface area contributed by atoms with Crippen molar-refractivity contribution < 1.29 is 13.2 Å². The van der Waals surface area contributed by atoms with Crippen LogP contribution >= 0.6 is 11.3 Å². The van der Waals surface area contributed by atoms with Gasteiger partial charge < -0.3 is 0 Å². The Morgan fingerprint density at radius 1 is 1.41 bits per heavy atom. The van der Waals surface area contributed by atoms with E-state index < -0.39 is 12.7 Å². The van der Waals surface area contributed by atoms with Gasteiger partial charge in [0.05, 0.1) is 13.1 Å². The van der Waals surface area contributed by atoms with Crippen LogP contribution in [0.1, 0.15) is 17.8 Å². The highest BCUT2D eigenvalue weighted by Crippen LogP contribution is 2.32. The molecule has 3 N–H and O–H groups in total. The molecule has 1 fully saturated rings. The largest absolute Gasteiger partial charge is 0.401 e. The molecule has 0 aromatic carbocycles. The van der Waals surface area contributed by atoms with Gasteiger partial charge in [-0.05, 0) is 12.8 Å². The Morgan fingerprint density at radius 3 is 2.59 bits per heavy atom. The van der Waals surface area contributed by atoms with E-state index in [9.17, 15) is 13.2 Å². The van der Waals surface area contributed by atoms with Crippen molar-refractivity contribution in [1.82, 2.24) is 15.1 Å². The fraction of sp³-hybridized carbons (Fsp3) is 0.750. The molecule has 0 bridgehead atoms. The van der Waals surface area contributed by atoms with Crippen molar-refractivity contribution in [3.05, 3.63) is 5.01 Å². The second kappa shape index (κ2) is 4.75. The predicted molar refractivity (Wildman–Crippen MR) is 57.2 cm³/mol. The molecule has 0 saturated heterocycles. The molecule has 9 heteroatoms. The first-order valence-corrected chi connectivity index (χ1v) is 5.89. The van der Waals surface area contributed by atoms with Crippen molar-refractivity contribution in [2.75, 3.05) is 12.0 Å². The van der Waals surface area contributed by atoms with Gasteiger partial charge in [-0.25, -0.2) is 5.84 Å². The molecule has 0 amide bonds. The van der Waals surface area contributed by atoms with Crippen molar-refractivity contribution in [2.45, 2.75) is 31.6 Å². The van der Waals surface area contributed by atoms with Crippen LogP contribution in [0, 0.1) is 0 Å². The maximum absolute atomic E-state index is 12.4. The maximum Gasteiger partial charge on any atom is 0.401 e. The van der Waals surface area contributed by atoms with Gasteiger partial charge in [-0.15, -0.1) is 10.2 Å². The summed E-state index contributed by atoms with van der Waals surface area (Å²) >= 11 is 1.17. The van der Waals surface area contributed by atoms with Gasteiger partial charge in [0.25, 0.3) is 0 Å². The van der Waals surface area contributed by atoms with Gasteiger partial charge in [0.15, 0.2) is 0 Å². The maximum atomic E-state index is 12.4. The number of nitrogen functional groups attached to an aromatic ring is 1. The van der Waals surface area contributed by atoms with E-state index in [1.54, 1.807) is 0 Å². The van der Waals surface area contributed by atoms with Crippen molar-refractivity contribution in [3.63, 3.8) is 0 Å². The minimum atomic E-state index is -4.18. The molecule has 96 valence electrons. The Balaban J connectivity index is 1.97. The first-order chi connectivity index (χ1) is 7.98. The topological polar surface area (TPSA) is 67.1 Å². The molecule has 0 atom stereocenters. The molecule has 0 spiro atoms. The Labute approximate surface area is 99.8 Å². The number of rotatable bonds is 5. The van der Waals surface area contributed by atoms with E-state index >= 15 is 0 Å². The van der Waals surface area contributed by atoms with Crippen LogP contribution in [0.3, 0.4) is 0 Å². The summed E-state index contributed by atoms with van der Waals surface area (Å²) in [6.45, 7) is -0.730. The second-order valence-electron chi connectivity index (χ2n) is 3.90. The molecule has 2 rings (SSSR count). The van der Waals surface area contributed by atoms with Gasteiger partial charge >= 0.3 is 6.18 Å². The zero-order valence-corrected chi connectivity index (χ0v) is 9.68. The number of nitrogens with zero attached hydrogens (tertiary/aromatic N) is 3. The summed E-state index contributed by atoms with van der Waals surface area (Å²) < 4.78 is 37.1. The Morgan fingerprint density at radius 2 is 2.12 bits per heavy atom. The van der Waals surface area contributed by atoms with Gasteiger partial charge in [-0.3, -0.25) is 10.3 Å². The molecule has 1 heterocycles. The Bertz CT molecular complexity index is 375. The fourth-order valence-electron chi connectivity index (χ4n) is 1.53. The highest BCUT2D eigenvalue weighted by Gasteiger charge is 2.38. The van der Waals surface area contributed by atoms with Gasteiger partial charge in [0, 0.05) is 6.04 Å². The van der Waals surface area contributed by atoms with Crippen LogP contribution in [0.4, 0.5) is 18.3 Å². The van der Waals surface area contributed by atoms with Crippen LogP contribution in [-0.2, 0) is 6.54 Å². The molecule has 1 aromatic rings. The summed E-state index contributed by atoms with van der Waals surface area (Å²) in [6.07, 6.45) is -2.55. The molecule has 1 saturated carbocycles. The van der Waals surface area contributed by atoms with Crippen LogP contribution in [-0.4, -0.2) is 33.9 Å². The normalized spacial score (nSPS) is 16.5. The zero-order chi connectivity index (χ0) is 12.5. The molecule has 17 heavy (non-hydrogen) atoms. The minimum absolute atomic E-state index is 0.0230. The van der Waals surface area contributed by atoms with E-state index in [0.29, 0.717) is 10.1 Å². The van der Waals surface area contributed by atoms with Gasteiger partial charge in [-0.1, -0.05) is 11.3 Å². The number of hydrogen-bond acceptors (Lipinski definition) is 6. The Kier molecular flexibility index (Phi) is 3.50. The van der Waals surface area contributed by atoms with Gasteiger partial charge in [0.1, 0.15) is 5.01 Å². The number of anilines is 1. The number of halogens is 3. The van der Waals surface area contributed by atoms with E-state index in [4.69, 9.17) is 5.84 Å². The lowest BCUT2D eigenvalue weighted by atomic mass is 10.4. The molecule has 5 nitrogen and oxygen atoms in total. The van der Waals surface area contributed by atoms with Crippen LogP contribution in [0.25, 0.3) is 0 Å². The third-order valence-corrected chi connectivity index (χ3v) is 3.21. The quantitative estimate of drug-likeness (QED) is 0.622. The molecular formula is C8H12F3N5S. The van der Waals surface area contributed by atoms with Crippen molar-refractivity contribution in [2.24, 2.45) is 5.84 Å². The third-order valence-electron chi connectivity index (χ3n) is 2.37. The van der Waals surface area contributed by atoms with E-state index in [0.717, 1.165) is 12.8 Å². The number of hydrazine groups is 1. The summed E-state index contributed by atoms with van der Waals surface area (Å²) in [4.78, 5) is 1.39. The highest BCUT2D eigenvalue weighted by molar-refractivity contribution is 7.15. The molecule has 1 aliphatic rings. The lowest BCUT2D eigenvalue weighted by Gasteiger charge is -2.21. The number of nitrogens with one attached hydrogen (secondary N) is 1. The number of aromatic nitrogens is 2. The van der Waals surface area contributed by atoms with Crippen LogP contribution in [0.15, 0.2) is 0 Å². The smallest absolute Gasteiger partial charge is 0.298 e. The lowest BCUT2D eigenvalue weighted by molar-refractivity contribution is -0.148. The summed E-state index contributed by atoms with van der Waals surface area (Å²) in [6, 6.07) is 0.0230. The molecular weight excluding hydrogens is 255 g/mol. The van der Waals surface area contributed by atoms with Crippen molar-refractivity contribution in [3.8, 4) is 0 Å². The first-order valence-electron chi connectivity index (χ1n) is 5.08. The standard InChI is InChI=1S/C8H12F3N5S/c9-8(10,11)4-16(5-1-2-5)3-6-14-15-7(13-12)17-6/h5H,1-4,12H2,(H,13,15). The summed E-state index contributed by atoms with van der Waals surface area (Å²) in [5.41, 5.74) is 2.32. The lowest BCUT2D eigenvalue weighted by Crippen LogP contribution is -2.35. The average molecular weight is 267 g/mol. The summed E-state index contributed by atoms with van der Waals surface area (Å²) in [5.74, 6) is 5.13. The number of hydrogen-bond donors (Lipinski definition) is 2. The highest BCUT2D eigenvalue weighted by atomic mass is 32.1. The predicted octanol–water partition coefficient (Wildman–Crippen LogP) is 1.35. The monoisotopic (exact) mass is 267 g/mol. The molecule has 0 radical (unpaired) electrons. The van der Waals surface area contributed by atoms with Gasteiger partial charge in [0.2, 0.25) is 5.13 Å². The van der Waals surface area contributed by atoms with E-state index in [1.807, 2.05) is 0 Å². The summed E-state index contributed by atoms with van der Waals surface area (Å²) in [7, 11) is 0.